The minimum absolute atomic E-state index is 0.0507. The summed E-state index contributed by atoms with van der Waals surface area (Å²) >= 11 is 1.52. The molecule has 1 N–H and O–H groups in total. The second kappa shape index (κ2) is 7.59. The molecule has 0 saturated heterocycles. The highest BCUT2D eigenvalue weighted by molar-refractivity contribution is 7.07. The molecule has 0 atom stereocenters. The molecule has 7 heteroatoms. The fourth-order valence-electron chi connectivity index (χ4n) is 2.33. The molecule has 126 valence electrons. The fraction of sp³-hybridized carbons (Fsp3) is 0.0556. The van der Waals surface area contributed by atoms with E-state index in [0.29, 0.717) is 12.2 Å². The summed E-state index contributed by atoms with van der Waals surface area (Å²) < 4.78 is 2.06. The number of non-ortho nitro benzene ring substituents is 1. The number of nitrogens with zero attached hydrogens (tertiary/aromatic N) is 3. The Bertz CT molecular complexity index is 943. The minimum Gasteiger partial charge on any atom is -0.311 e. The third-order valence-corrected chi connectivity index (χ3v) is 4.40. The molecule has 1 aromatic heterocycles. The van der Waals surface area contributed by atoms with Crippen molar-refractivity contribution in [3.8, 4) is 11.3 Å². The van der Waals surface area contributed by atoms with E-state index in [1.807, 2.05) is 24.3 Å². The van der Waals surface area contributed by atoms with Crippen molar-refractivity contribution < 1.29 is 4.92 Å². The Morgan fingerprint density at radius 1 is 1.20 bits per heavy atom. The first-order chi connectivity index (χ1) is 12.2. The van der Waals surface area contributed by atoms with Gasteiger partial charge in [0.2, 0.25) is 4.80 Å². The van der Waals surface area contributed by atoms with E-state index < -0.39 is 4.92 Å². The van der Waals surface area contributed by atoms with Crippen molar-refractivity contribution in [3.05, 3.63) is 87.5 Å². The molecule has 0 aliphatic rings. The lowest BCUT2D eigenvalue weighted by Crippen LogP contribution is -2.17. The smallest absolute Gasteiger partial charge is 0.269 e. The number of hydrogen-bond acceptors (Lipinski definition) is 5. The van der Waals surface area contributed by atoms with Crippen molar-refractivity contribution in [2.45, 2.75) is 6.54 Å². The Balaban J connectivity index is 1.91. The van der Waals surface area contributed by atoms with Crippen LogP contribution in [0.3, 0.4) is 0 Å². The van der Waals surface area contributed by atoms with Gasteiger partial charge in [-0.2, -0.15) is 0 Å². The second-order valence-corrected chi connectivity index (χ2v) is 6.03. The average molecular weight is 352 g/mol. The Morgan fingerprint density at radius 2 is 1.92 bits per heavy atom. The average Bonchev–Trinajstić information content (AvgIpc) is 3.04. The number of nitrogens with one attached hydrogen (secondary N) is 1. The lowest BCUT2D eigenvalue weighted by molar-refractivity contribution is -0.384. The van der Waals surface area contributed by atoms with Crippen molar-refractivity contribution >= 4 is 22.7 Å². The van der Waals surface area contributed by atoms with Crippen LogP contribution in [0.15, 0.2) is 77.7 Å². The van der Waals surface area contributed by atoms with E-state index >= 15 is 0 Å². The Kier molecular flexibility index (Phi) is 5.06. The highest BCUT2D eigenvalue weighted by Crippen LogP contribution is 2.20. The molecule has 25 heavy (non-hydrogen) atoms. The van der Waals surface area contributed by atoms with Crippen LogP contribution in [0.25, 0.3) is 11.3 Å². The molecule has 0 saturated carbocycles. The van der Waals surface area contributed by atoms with Crippen molar-refractivity contribution in [1.82, 2.24) is 4.57 Å². The molecule has 3 rings (SSSR count). The van der Waals surface area contributed by atoms with Gasteiger partial charge < -0.3 is 4.57 Å². The van der Waals surface area contributed by atoms with Gasteiger partial charge in [-0.25, -0.2) is 0 Å². The molecule has 1 heterocycles. The summed E-state index contributed by atoms with van der Waals surface area (Å²) in [5.74, 6) is 0. The highest BCUT2D eigenvalue weighted by atomic mass is 32.1. The number of rotatable bonds is 6. The summed E-state index contributed by atoms with van der Waals surface area (Å²) in [4.78, 5) is 11.1. The Labute approximate surface area is 148 Å². The maximum Gasteiger partial charge on any atom is 0.269 e. The first kappa shape index (κ1) is 16.7. The predicted molar refractivity (Wildman–Crippen MR) is 100 cm³/mol. The number of allylic oxidation sites excluding steroid dienone is 1. The molecule has 0 aliphatic heterocycles. The van der Waals surface area contributed by atoms with Crippen molar-refractivity contribution in [1.29, 1.82) is 0 Å². The van der Waals surface area contributed by atoms with Crippen LogP contribution >= 0.6 is 11.3 Å². The molecule has 0 aliphatic carbocycles. The molecule has 0 unspecified atom stereocenters. The zero-order valence-corrected chi connectivity index (χ0v) is 14.1. The van der Waals surface area contributed by atoms with Crippen LogP contribution in [0.5, 0.6) is 0 Å². The second-order valence-electron chi connectivity index (χ2n) is 5.20. The van der Waals surface area contributed by atoms with Crippen LogP contribution in [0, 0.1) is 10.1 Å². The van der Waals surface area contributed by atoms with Crippen LogP contribution < -0.4 is 10.2 Å². The predicted octanol–water partition coefficient (Wildman–Crippen LogP) is 4.24. The molecule has 0 spiro atoms. The number of thiazole rings is 1. The van der Waals surface area contributed by atoms with E-state index in [2.05, 4.69) is 39.2 Å². The monoisotopic (exact) mass is 352 g/mol. The first-order valence-electron chi connectivity index (χ1n) is 7.58. The van der Waals surface area contributed by atoms with Crippen molar-refractivity contribution in [2.75, 3.05) is 5.43 Å². The molecule has 0 amide bonds. The van der Waals surface area contributed by atoms with Crippen LogP contribution in [-0.4, -0.2) is 9.49 Å². The molecule has 3 aromatic rings. The van der Waals surface area contributed by atoms with Gasteiger partial charge in [0.15, 0.2) is 0 Å². The van der Waals surface area contributed by atoms with Gasteiger partial charge in [0.05, 0.1) is 16.3 Å². The molecule has 2 aromatic carbocycles. The Hall–Kier alpha value is -3.19. The quantitative estimate of drug-likeness (QED) is 0.410. The normalized spacial score (nSPS) is 11.3. The highest BCUT2D eigenvalue weighted by Gasteiger charge is 2.07. The van der Waals surface area contributed by atoms with E-state index in [1.54, 1.807) is 12.1 Å². The summed E-state index contributed by atoms with van der Waals surface area (Å²) in [6.07, 6.45) is 1.82. The molecule has 0 fully saturated rings. The van der Waals surface area contributed by atoms with Gasteiger partial charge in [-0.15, -0.1) is 23.0 Å². The number of anilines is 1. The molecular formula is C18H16N4O2S. The van der Waals surface area contributed by atoms with Gasteiger partial charge >= 0.3 is 0 Å². The van der Waals surface area contributed by atoms with Gasteiger partial charge in [0.25, 0.3) is 5.69 Å². The van der Waals surface area contributed by atoms with E-state index in [-0.39, 0.29) is 5.69 Å². The van der Waals surface area contributed by atoms with Gasteiger partial charge in [-0.05, 0) is 17.7 Å². The molecule has 6 nitrogen and oxygen atoms in total. The number of hydrogen-bond donors (Lipinski definition) is 1. The molecule has 0 radical (unpaired) electrons. The lowest BCUT2D eigenvalue weighted by Gasteiger charge is -2.06. The van der Waals surface area contributed by atoms with Crippen molar-refractivity contribution in [3.63, 3.8) is 0 Å². The number of nitro benzene ring substituents is 1. The van der Waals surface area contributed by atoms with Gasteiger partial charge in [-0.3, -0.25) is 15.5 Å². The largest absolute Gasteiger partial charge is 0.311 e. The molecule has 0 bridgehead atoms. The first-order valence-corrected chi connectivity index (χ1v) is 8.46. The lowest BCUT2D eigenvalue weighted by atomic mass is 10.2. The summed E-state index contributed by atoms with van der Waals surface area (Å²) in [6, 6.07) is 16.2. The SMILES string of the molecule is C=CCn1c(-c2ccccc2)cs/c1=N/Nc1ccc([N+](=O)[O-])cc1. The zero-order chi connectivity index (χ0) is 17.6. The standard InChI is InChI=1S/C18H16N4O2S/c1-2-12-21-17(14-6-4-3-5-7-14)13-25-18(21)20-19-15-8-10-16(11-9-15)22(23)24/h2-11,13,19H,1,12H2/b20-18+. The topological polar surface area (TPSA) is 72.5 Å². The van der Waals surface area contributed by atoms with Crippen molar-refractivity contribution in [2.24, 2.45) is 5.10 Å². The van der Waals surface area contributed by atoms with Crippen LogP contribution in [-0.2, 0) is 6.54 Å². The van der Waals surface area contributed by atoms with Gasteiger partial charge in [-0.1, -0.05) is 36.4 Å². The van der Waals surface area contributed by atoms with Gasteiger partial charge in [0.1, 0.15) is 0 Å². The van der Waals surface area contributed by atoms with Crippen LogP contribution in [0.2, 0.25) is 0 Å². The molecular weight excluding hydrogens is 336 g/mol. The maximum absolute atomic E-state index is 10.7. The van der Waals surface area contributed by atoms with E-state index in [0.717, 1.165) is 16.1 Å². The third kappa shape index (κ3) is 3.84. The summed E-state index contributed by atoms with van der Waals surface area (Å²) in [6.45, 7) is 4.45. The number of aromatic nitrogens is 1. The Morgan fingerprint density at radius 3 is 2.56 bits per heavy atom. The number of benzene rings is 2. The fourth-order valence-corrected chi connectivity index (χ4v) is 3.21. The summed E-state index contributed by atoms with van der Waals surface area (Å²) in [5.41, 5.74) is 5.86. The van der Waals surface area contributed by atoms with Gasteiger partial charge in [0, 0.05) is 24.1 Å². The summed E-state index contributed by atoms with van der Waals surface area (Å²) in [7, 11) is 0. The third-order valence-electron chi connectivity index (χ3n) is 3.54. The van der Waals surface area contributed by atoms with E-state index in [4.69, 9.17) is 0 Å². The minimum atomic E-state index is -0.426. The summed E-state index contributed by atoms with van der Waals surface area (Å²) in [5, 5.41) is 17.2. The maximum atomic E-state index is 10.7. The van der Waals surface area contributed by atoms with E-state index in [1.165, 1.54) is 23.5 Å². The van der Waals surface area contributed by atoms with E-state index in [9.17, 15) is 10.1 Å². The van der Waals surface area contributed by atoms with Crippen LogP contribution in [0.1, 0.15) is 0 Å². The number of nitro groups is 1. The zero-order valence-electron chi connectivity index (χ0n) is 13.3. The van der Waals surface area contributed by atoms with Crippen LogP contribution in [0.4, 0.5) is 11.4 Å².